The largest absolute Gasteiger partial charge is 0.361 e. The van der Waals surface area contributed by atoms with Gasteiger partial charge in [-0.15, -0.1) is 0 Å². The van der Waals surface area contributed by atoms with E-state index < -0.39 is 20.0 Å². The molecule has 0 fully saturated rings. The molecule has 0 radical (unpaired) electrons. The summed E-state index contributed by atoms with van der Waals surface area (Å²) in [7, 11) is -1.12. The van der Waals surface area contributed by atoms with E-state index in [9.17, 15) is 8.78 Å². The van der Waals surface area contributed by atoms with Crippen LogP contribution in [0.4, 0.5) is 8.78 Å². The van der Waals surface area contributed by atoms with Crippen molar-refractivity contribution >= 4 is 19.0 Å². The van der Waals surface area contributed by atoms with Crippen LogP contribution in [0.15, 0.2) is 18.3 Å². The molecular weight excluding hydrogens is 266 g/mol. The zero-order valence-corrected chi connectivity index (χ0v) is 12.4. The average Bonchev–Trinajstić information content (AvgIpc) is 2.66. The molecular formula is C13H18F2N2OSi. The molecule has 2 heterocycles. The first-order valence-electron chi connectivity index (χ1n) is 6.25. The lowest BCUT2D eigenvalue weighted by molar-refractivity contribution is 0.0902. The van der Waals surface area contributed by atoms with E-state index in [0.717, 1.165) is 6.04 Å². The molecule has 0 saturated carbocycles. The molecule has 104 valence electrons. The van der Waals surface area contributed by atoms with Crippen LogP contribution in [-0.2, 0) is 11.5 Å². The van der Waals surface area contributed by atoms with Crippen molar-refractivity contribution in [3.63, 3.8) is 0 Å². The fourth-order valence-electron chi connectivity index (χ4n) is 1.77. The van der Waals surface area contributed by atoms with Crippen LogP contribution in [0.1, 0.15) is 0 Å². The Balaban J connectivity index is 2.05. The normalized spacial score (nSPS) is 12.3. The molecule has 0 aliphatic heterocycles. The molecule has 0 N–H and O–H groups in total. The zero-order chi connectivity index (χ0) is 14.0. The van der Waals surface area contributed by atoms with Crippen molar-refractivity contribution in [3.05, 3.63) is 30.2 Å². The molecule has 0 unspecified atom stereocenters. The minimum absolute atomic E-state index is 0.302. The van der Waals surface area contributed by atoms with Crippen molar-refractivity contribution in [2.24, 2.45) is 0 Å². The van der Waals surface area contributed by atoms with Crippen molar-refractivity contribution in [1.29, 1.82) is 0 Å². The van der Waals surface area contributed by atoms with Crippen molar-refractivity contribution in [2.75, 3.05) is 6.61 Å². The predicted molar refractivity (Wildman–Crippen MR) is 73.8 cm³/mol. The second-order valence-corrected chi connectivity index (χ2v) is 11.4. The molecule has 0 spiro atoms. The van der Waals surface area contributed by atoms with Crippen LogP contribution in [0.3, 0.4) is 0 Å². The van der Waals surface area contributed by atoms with Gasteiger partial charge < -0.3 is 9.30 Å². The topological polar surface area (TPSA) is 27.1 Å². The van der Waals surface area contributed by atoms with Crippen LogP contribution in [0.2, 0.25) is 25.7 Å². The summed E-state index contributed by atoms with van der Waals surface area (Å²) >= 11 is 0. The lowest BCUT2D eigenvalue weighted by Crippen LogP contribution is -2.21. The molecule has 0 amide bonds. The molecule has 2 aromatic rings. The number of fused-ring (bicyclic) bond motifs is 1. The third-order valence-corrected chi connectivity index (χ3v) is 4.62. The Labute approximate surface area is 112 Å². The molecule has 2 rings (SSSR count). The van der Waals surface area contributed by atoms with Crippen LogP contribution in [0.25, 0.3) is 10.9 Å². The number of halogens is 2. The molecule has 3 nitrogen and oxygen atoms in total. The summed E-state index contributed by atoms with van der Waals surface area (Å²) in [4.78, 5) is 3.16. The summed E-state index contributed by atoms with van der Waals surface area (Å²) in [5.41, 5.74) is 0.470. The summed E-state index contributed by atoms with van der Waals surface area (Å²) in [6, 6.07) is 3.87. The van der Waals surface area contributed by atoms with Crippen molar-refractivity contribution < 1.29 is 13.5 Å². The third-order valence-electron chi connectivity index (χ3n) is 2.92. The summed E-state index contributed by atoms with van der Waals surface area (Å²) in [5.74, 6) is -1.59. The summed E-state index contributed by atoms with van der Waals surface area (Å²) in [6.07, 6.45) is 1.68. The third kappa shape index (κ3) is 3.60. The molecule has 2 aromatic heterocycles. The average molecular weight is 284 g/mol. The molecule has 19 heavy (non-hydrogen) atoms. The van der Waals surface area contributed by atoms with Crippen LogP contribution >= 0.6 is 0 Å². The number of hydrogen-bond donors (Lipinski definition) is 0. The molecule has 0 aromatic carbocycles. The van der Waals surface area contributed by atoms with Gasteiger partial charge in [-0.2, -0.15) is 13.8 Å². The van der Waals surface area contributed by atoms with E-state index in [4.69, 9.17) is 4.74 Å². The maximum atomic E-state index is 13.4. The van der Waals surface area contributed by atoms with Crippen LogP contribution in [-0.4, -0.2) is 24.2 Å². The quantitative estimate of drug-likeness (QED) is 0.476. The highest BCUT2D eigenvalue weighted by molar-refractivity contribution is 6.76. The number of rotatable bonds is 5. The van der Waals surface area contributed by atoms with Crippen LogP contribution in [0, 0.1) is 11.9 Å². The molecule has 6 heteroatoms. The first-order valence-corrected chi connectivity index (χ1v) is 9.96. The minimum atomic E-state index is -1.12. The standard InChI is InChI=1S/C13H18F2N2OSi/c1-19(2,3)7-6-18-9-17-5-4-10-11(17)8-12(14)16-13(10)15/h4-5,8H,6-7,9H2,1-3H3. The number of ether oxygens (including phenoxy) is 1. The second kappa shape index (κ2) is 5.38. The van der Waals surface area contributed by atoms with Gasteiger partial charge in [0.1, 0.15) is 6.73 Å². The SMILES string of the molecule is C[Si](C)(C)CCOCn1ccc2c(F)nc(F)cc21. The highest BCUT2D eigenvalue weighted by Crippen LogP contribution is 2.19. The van der Waals surface area contributed by atoms with E-state index in [1.807, 2.05) is 0 Å². The van der Waals surface area contributed by atoms with Crippen LogP contribution in [0.5, 0.6) is 0 Å². The van der Waals surface area contributed by atoms with Gasteiger partial charge in [0.15, 0.2) is 0 Å². The first-order chi connectivity index (χ1) is 8.87. The predicted octanol–water partition coefficient (Wildman–Crippen LogP) is 3.63. The highest BCUT2D eigenvalue weighted by Gasteiger charge is 2.13. The van der Waals surface area contributed by atoms with Gasteiger partial charge in [0, 0.05) is 26.9 Å². The van der Waals surface area contributed by atoms with E-state index in [1.165, 1.54) is 6.07 Å². The Morgan fingerprint density at radius 2 is 2.05 bits per heavy atom. The monoisotopic (exact) mass is 284 g/mol. The number of hydrogen-bond acceptors (Lipinski definition) is 2. The molecule has 0 aliphatic rings. The maximum Gasteiger partial charge on any atom is 0.224 e. The fourth-order valence-corrected chi connectivity index (χ4v) is 2.53. The molecule has 0 atom stereocenters. The van der Waals surface area contributed by atoms with Gasteiger partial charge in [0.2, 0.25) is 11.9 Å². The van der Waals surface area contributed by atoms with Gasteiger partial charge >= 0.3 is 0 Å². The molecule has 0 aliphatic carbocycles. The van der Waals surface area contributed by atoms with Gasteiger partial charge in [0.05, 0.1) is 10.9 Å². The number of pyridine rings is 1. The lowest BCUT2D eigenvalue weighted by Gasteiger charge is -2.15. The zero-order valence-electron chi connectivity index (χ0n) is 11.4. The minimum Gasteiger partial charge on any atom is -0.361 e. The Morgan fingerprint density at radius 1 is 1.32 bits per heavy atom. The van der Waals surface area contributed by atoms with Gasteiger partial charge in [-0.3, -0.25) is 0 Å². The fraction of sp³-hybridized carbons (Fsp3) is 0.462. The Kier molecular flexibility index (Phi) is 4.01. The maximum absolute atomic E-state index is 13.4. The van der Waals surface area contributed by atoms with Gasteiger partial charge in [-0.1, -0.05) is 19.6 Å². The van der Waals surface area contributed by atoms with E-state index in [1.54, 1.807) is 16.8 Å². The smallest absolute Gasteiger partial charge is 0.224 e. The highest BCUT2D eigenvalue weighted by atomic mass is 28.3. The van der Waals surface area contributed by atoms with Crippen molar-refractivity contribution in [3.8, 4) is 0 Å². The number of aromatic nitrogens is 2. The van der Waals surface area contributed by atoms with Gasteiger partial charge in [0.25, 0.3) is 0 Å². The summed E-state index contributed by atoms with van der Waals surface area (Å²) in [6.45, 7) is 7.80. The Morgan fingerprint density at radius 3 is 2.74 bits per heavy atom. The van der Waals surface area contributed by atoms with Gasteiger partial charge in [-0.05, 0) is 12.1 Å². The van der Waals surface area contributed by atoms with E-state index in [0.29, 0.717) is 24.2 Å². The lowest BCUT2D eigenvalue weighted by atomic mass is 10.3. The van der Waals surface area contributed by atoms with E-state index >= 15 is 0 Å². The Hall–Kier alpha value is -1.27. The van der Waals surface area contributed by atoms with E-state index in [-0.39, 0.29) is 0 Å². The molecule has 0 bridgehead atoms. The van der Waals surface area contributed by atoms with Crippen molar-refractivity contribution in [1.82, 2.24) is 9.55 Å². The second-order valence-electron chi connectivity index (χ2n) is 5.80. The summed E-state index contributed by atoms with van der Waals surface area (Å²) in [5, 5.41) is 0.315. The van der Waals surface area contributed by atoms with Gasteiger partial charge in [-0.25, -0.2) is 0 Å². The van der Waals surface area contributed by atoms with Crippen molar-refractivity contribution in [2.45, 2.75) is 32.4 Å². The van der Waals surface area contributed by atoms with Crippen LogP contribution < -0.4 is 0 Å². The Bertz CT molecular complexity index is 578. The molecule has 0 saturated heterocycles. The summed E-state index contributed by atoms with van der Waals surface area (Å²) < 4.78 is 33.8. The first kappa shape index (κ1) is 14.1. The van der Waals surface area contributed by atoms with E-state index in [2.05, 4.69) is 24.6 Å². The number of nitrogens with zero attached hydrogens (tertiary/aromatic N) is 2.